The standard InChI is InChI=1S/C13H17Cl2N3O4/c1-7(4-21-5-13(2)6-22-13)16-10-8(14)9(11(19)20-3)17-12(15)18-10/h7H,4-6H2,1-3H3,(H,16,17,18)/t7-,13-/m1/s1. The second-order valence-electron chi connectivity index (χ2n) is 5.29. The first-order chi connectivity index (χ1) is 10.3. The van der Waals surface area contributed by atoms with Crippen LogP contribution in [0.3, 0.4) is 0 Å². The molecule has 1 saturated heterocycles. The third kappa shape index (κ3) is 4.42. The first-order valence-corrected chi connectivity index (χ1v) is 7.40. The predicted molar refractivity (Wildman–Crippen MR) is 81.7 cm³/mol. The van der Waals surface area contributed by atoms with Gasteiger partial charge in [0.2, 0.25) is 5.28 Å². The van der Waals surface area contributed by atoms with Crippen LogP contribution < -0.4 is 5.32 Å². The number of ether oxygens (including phenoxy) is 3. The molecule has 0 radical (unpaired) electrons. The van der Waals surface area contributed by atoms with Crippen molar-refractivity contribution in [2.75, 3.05) is 32.2 Å². The molecule has 0 unspecified atom stereocenters. The molecule has 1 aliphatic rings. The molecular formula is C13H17Cl2N3O4. The van der Waals surface area contributed by atoms with Crippen molar-refractivity contribution in [2.45, 2.75) is 25.5 Å². The number of hydrogen-bond donors (Lipinski definition) is 1. The largest absolute Gasteiger partial charge is 0.464 e. The molecule has 9 heteroatoms. The number of esters is 1. The predicted octanol–water partition coefficient (Wildman–Crippen LogP) is 2.18. The summed E-state index contributed by atoms with van der Waals surface area (Å²) in [4.78, 5) is 19.3. The fourth-order valence-corrected chi connectivity index (χ4v) is 2.07. The van der Waals surface area contributed by atoms with Gasteiger partial charge in [0.05, 0.1) is 26.9 Å². The van der Waals surface area contributed by atoms with Gasteiger partial charge in [0.15, 0.2) is 11.5 Å². The molecule has 0 bridgehead atoms. The van der Waals surface area contributed by atoms with Gasteiger partial charge in [-0.1, -0.05) is 11.6 Å². The fourth-order valence-electron chi connectivity index (χ4n) is 1.68. The van der Waals surface area contributed by atoms with Crippen molar-refractivity contribution in [1.29, 1.82) is 0 Å². The number of epoxide rings is 1. The Hall–Kier alpha value is -1.15. The van der Waals surface area contributed by atoms with Crippen LogP contribution in [0.1, 0.15) is 24.3 Å². The van der Waals surface area contributed by atoms with Crippen LogP contribution in [0.15, 0.2) is 0 Å². The van der Waals surface area contributed by atoms with Gasteiger partial charge < -0.3 is 19.5 Å². The van der Waals surface area contributed by atoms with Crippen LogP contribution in [0.5, 0.6) is 0 Å². The SMILES string of the molecule is COC(=O)c1nc(Cl)nc(N[C@H](C)COC[C@]2(C)CO2)c1Cl. The number of halogens is 2. The van der Waals surface area contributed by atoms with Gasteiger partial charge in [-0.25, -0.2) is 9.78 Å². The highest BCUT2D eigenvalue weighted by Crippen LogP contribution is 2.27. The van der Waals surface area contributed by atoms with Gasteiger partial charge in [0.25, 0.3) is 0 Å². The number of methoxy groups -OCH3 is 1. The molecule has 122 valence electrons. The van der Waals surface area contributed by atoms with Gasteiger partial charge in [-0.15, -0.1) is 0 Å². The number of aromatic nitrogens is 2. The molecule has 1 aliphatic heterocycles. The molecule has 1 aromatic rings. The van der Waals surface area contributed by atoms with Gasteiger partial charge in [-0.05, 0) is 25.4 Å². The molecule has 0 saturated carbocycles. The Morgan fingerprint density at radius 3 is 2.77 bits per heavy atom. The van der Waals surface area contributed by atoms with Gasteiger partial charge in [-0.2, -0.15) is 4.98 Å². The van der Waals surface area contributed by atoms with Crippen LogP contribution in [0.25, 0.3) is 0 Å². The third-order valence-electron chi connectivity index (χ3n) is 3.00. The normalized spacial score (nSPS) is 21.3. The third-order valence-corrected chi connectivity index (χ3v) is 3.53. The summed E-state index contributed by atoms with van der Waals surface area (Å²) >= 11 is 11.9. The Morgan fingerprint density at radius 2 is 2.18 bits per heavy atom. The molecular weight excluding hydrogens is 333 g/mol. The molecule has 2 rings (SSSR count). The molecule has 7 nitrogen and oxygen atoms in total. The second-order valence-corrected chi connectivity index (χ2v) is 6.01. The first-order valence-electron chi connectivity index (χ1n) is 6.64. The summed E-state index contributed by atoms with van der Waals surface area (Å²) in [6.07, 6.45) is 0. The zero-order valence-electron chi connectivity index (χ0n) is 12.5. The van der Waals surface area contributed by atoms with E-state index in [0.29, 0.717) is 19.8 Å². The van der Waals surface area contributed by atoms with Crippen LogP contribution in [-0.2, 0) is 14.2 Å². The zero-order valence-corrected chi connectivity index (χ0v) is 14.0. The smallest absolute Gasteiger partial charge is 0.358 e. The minimum Gasteiger partial charge on any atom is -0.464 e. The van der Waals surface area contributed by atoms with Crippen LogP contribution in [0.2, 0.25) is 10.3 Å². The Balaban J connectivity index is 1.98. The van der Waals surface area contributed by atoms with E-state index in [1.54, 1.807) is 0 Å². The van der Waals surface area contributed by atoms with Crippen molar-refractivity contribution in [1.82, 2.24) is 9.97 Å². The Labute approximate surface area is 138 Å². The molecule has 1 aromatic heterocycles. The number of nitrogens with zero attached hydrogens (tertiary/aromatic N) is 2. The maximum Gasteiger partial charge on any atom is 0.358 e. The minimum absolute atomic E-state index is 0.0561. The summed E-state index contributed by atoms with van der Waals surface area (Å²) in [5.41, 5.74) is -0.244. The monoisotopic (exact) mass is 349 g/mol. The van der Waals surface area contributed by atoms with Crippen LogP contribution in [-0.4, -0.2) is 54.5 Å². The van der Waals surface area contributed by atoms with Gasteiger partial charge in [0.1, 0.15) is 10.6 Å². The second kappa shape index (κ2) is 6.95. The zero-order chi connectivity index (χ0) is 16.3. The van der Waals surface area contributed by atoms with Crippen LogP contribution in [0.4, 0.5) is 5.82 Å². The average Bonchev–Trinajstić information content (AvgIpc) is 3.19. The van der Waals surface area contributed by atoms with Crippen molar-refractivity contribution in [3.8, 4) is 0 Å². The number of rotatable bonds is 7. The van der Waals surface area contributed by atoms with Gasteiger partial charge >= 0.3 is 5.97 Å². The molecule has 0 aliphatic carbocycles. The lowest BCUT2D eigenvalue weighted by Crippen LogP contribution is -2.26. The quantitative estimate of drug-likeness (QED) is 0.458. The van der Waals surface area contributed by atoms with Crippen LogP contribution in [0, 0.1) is 0 Å². The van der Waals surface area contributed by atoms with Crippen molar-refractivity contribution < 1.29 is 19.0 Å². The first kappa shape index (κ1) is 17.2. The number of carbonyl (C=O) groups is 1. The Kier molecular flexibility index (Phi) is 5.44. The highest BCUT2D eigenvalue weighted by Gasteiger charge is 2.39. The summed E-state index contributed by atoms with van der Waals surface area (Å²) in [5, 5.41) is 2.99. The average molecular weight is 350 g/mol. The number of carbonyl (C=O) groups excluding carboxylic acids is 1. The lowest BCUT2D eigenvalue weighted by Gasteiger charge is -2.17. The van der Waals surface area contributed by atoms with E-state index >= 15 is 0 Å². The summed E-state index contributed by atoms with van der Waals surface area (Å²) < 4.78 is 15.4. The molecule has 2 heterocycles. The summed E-state index contributed by atoms with van der Waals surface area (Å²) in [6, 6.07) is -0.101. The molecule has 22 heavy (non-hydrogen) atoms. The molecule has 0 aromatic carbocycles. The van der Waals surface area contributed by atoms with Crippen LogP contribution >= 0.6 is 23.2 Å². The topological polar surface area (TPSA) is 85.9 Å². The summed E-state index contributed by atoms with van der Waals surface area (Å²) in [5.74, 6) is -0.424. The molecule has 1 fully saturated rings. The fraction of sp³-hybridized carbons (Fsp3) is 0.615. The van der Waals surface area contributed by atoms with E-state index in [-0.39, 0.29) is 33.5 Å². The van der Waals surface area contributed by atoms with Crippen molar-refractivity contribution >= 4 is 35.0 Å². The molecule has 2 atom stereocenters. The highest BCUT2D eigenvalue weighted by molar-refractivity contribution is 6.36. The van der Waals surface area contributed by atoms with E-state index in [2.05, 4.69) is 20.0 Å². The van der Waals surface area contributed by atoms with E-state index in [1.165, 1.54) is 7.11 Å². The molecule has 1 N–H and O–H groups in total. The van der Waals surface area contributed by atoms with Crippen molar-refractivity contribution in [3.05, 3.63) is 16.0 Å². The minimum atomic E-state index is -0.680. The lowest BCUT2D eigenvalue weighted by atomic mass is 10.2. The molecule has 0 amide bonds. The Bertz CT molecular complexity index is 566. The number of anilines is 1. The Morgan fingerprint density at radius 1 is 1.50 bits per heavy atom. The van der Waals surface area contributed by atoms with E-state index in [0.717, 1.165) is 0 Å². The number of nitrogens with one attached hydrogen (secondary N) is 1. The van der Waals surface area contributed by atoms with Gasteiger partial charge in [0, 0.05) is 6.04 Å². The summed E-state index contributed by atoms with van der Waals surface area (Å²) in [6.45, 7) is 5.52. The van der Waals surface area contributed by atoms with Crippen molar-refractivity contribution in [2.24, 2.45) is 0 Å². The maximum atomic E-state index is 11.6. The van der Waals surface area contributed by atoms with E-state index in [9.17, 15) is 4.79 Å². The molecule has 0 spiro atoms. The van der Waals surface area contributed by atoms with E-state index < -0.39 is 5.97 Å². The lowest BCUT2D eigenvalue weighted by molar-refractivity contribution is 0.0594. The maximum absolute atomic E-state index is 11.6. The van der Waals surface area contributed by atoms with E-state index in [1.807, 2.05) is 13.8 Å². The summed E-state index contributed by atoms with van der Waals surface area (Å²) in [7, 11) is 1.23. The van der Waals surface area contributed by atoms with Gasteiger partial charge in [-0.3, -0.25) is 0 Å². The van der Waals surface area contributed by atoms with E-state index in [4.69, 9.17) is 32.7 Å². The number of hydrogen-bond acceptors (Lipinski definition) is 7. The highest BCUT2D eigenvalue weighted by atomic mass is 35.5. The van der Waals surface area contributed by atoms with Crippen molar-refractivity contribution in [3.63, 3.8) is 0 Å².